The van der Waals surface area contributed by atoms with E-state index >= 15 is 0 Å². The number of benzene rings is 1. The second kappa shape index (κ2) is 5.17. The monoisotopic (exact) mass is 265 g/mol. The normalized spacial score (nSPS) is 12.2. The number of carbonyl (C=O) groups excluding carboxylic acids is 1. The maximum atomic E-state index is 13.5. The number of nitrogens with zero attached hydrogens (tertiary/aromatic N) is 2. The molecule has 0 aliphatic heterocycles. The minimum atomic E-state index is -0.885. The lowest BCUT2D eigenvalue weighted by atomic mass is 10.2. The van der Waals surface area contributed by atoms with Gasteiger partial charge >= 0.3 is 0 Å². The zero-order valence-corrected chi connectivity index (χ0v) is 10.5. The van der Waals surface area contributed by atoms with Crippen molar-refractivity contribution in [2.45, 2.75) is 13.0 Å². The highest BCUT2D eigenvalue weighted by atomic mass is 19.1. The molecule has 0 spiro atoms. The van der Waals surface area contributed by atoms with Crippen LogP contribution in [-0.2, 0) is 7.05 Å². The second-order valence-electron chi connectivity index (χ2n) is 4.22. The highest BCUT2D eigenvalue weighted by molar-refractivity contribution is 5.94. The van der Waals surface area contributed by atoms with Crippen LogP contribution in [0.2, 0.25) is 0 Å². The van der Waals surface area contributed by atoms with E-state index in [0.717, 1.165) is 12.1 Å². The fraction of sp³-hybridized carbons (Fsp3) is 0.231. The molecule has 0 radical (unpaired) electrons. The van der Waals surface area contributed by atoms with Crippen molar-refractivity contribution >= 4 is 5.91 Å². The van der Waals surface area contributed by atoms with E-state index in [9.17, 15) is 13.6 Å². The lowest BCUT2D eigenvalue weighted by molar-refractivity contribution is 0.0933. The van der Waals surface area contributed by atoms with E-state index in [-0.39, 0.29) is 11.6 Å². The molecule has 2 rings (SSSR count). The molecular formula is C13H13F2N3O. The Morgan fingerprint density at radius 3 is 2.74 bits per heavy atom. The van der Waals surface area contributed by atoms with Crippen molar-refractivity contribution in [2.75, 3.05) is 0 Å². The number of hydrogen-bond donors (Lipinski definition) is 1. The molecule has 0 aliphatic rings. The molecule has 1 atom stereocenters. The van der Waals surface area contributed by atoms with Crippen LogP contribution in [0.3, 0.4) is 0 Å². The Morgan fingerprint density at radius 1 is 1.42 bits per heavy atom. The molecule has 1 aromatic heterocycles. The number of hydrogen-bond acceptors (Lipinski definition) is 2. The predicted molar refractivity (Wildman–Crippen MR) is 65.4 cm³/mol. The third-order valence-electron chi connectivity index (χ3n) is 2.77. The Balaban J connectivity index is 2.15. The minimum absolute atomic E-state index is 0.192. The van der Waals surface area contributed by atoms with Gasteiger partial charge in [-0.25, -0.2) is 13.8 Å². The summed E-state index contributed by atoms with van der Waals surface area (Å²) in [5.41, 5.74) is -0.192. The number of aryl methyl sites for hydroxylation is 1. The Hall–Kier alpha value is -2.24. The summed E-state index contributed by atoms with van der Waals surface area (Å²) in [5, 5.41) is 2.61. The van der Waals surface area contributed by atoms with Gasteiger partial charge in [0, 0.05) is 25.5 Å². The summed E-state index contributed by atoms with van der Waals surface area (Å²) in [7, 11) is 1.80. The van der Waals surface area contributed by atoms with Crippen molar-refractivity contribution in [1.82, 2.24) is 14.9 Å². The average molecular weight is 265 g/mol. The van der Waals surface area contributed by atoms with Gasteiger partial charge < -0.3 is 9.88 Å². The molecular weight excluding hydrogens is 252 g/mol. The Labute approximate surface area is 109 Å². The molecule has 100 valence electrons. The van der Waals surface area contributed by atoms with E-state index in [1.54, 1.807) is 30.9 Å². The number of nitrogens with one attached hydrogen (secondary N) is 1. The van der Waals surface area contributed by atoms with Gasteiger partial charge in [-0.05, 0) is 19.1 Å². The number of rotatable bonds is 3. The number of imidazole rings is 1. The van der Waals surface area contributed by atoms with Gasteiger partial charge in [0.15, 0.2) is 0 Å². The molecule has 1 aromatic carbocycles. The third kappa shape index (κ3) is 2.78. The fourth-order valence-corrected chi connectivity index (χ4v) is 1.81. The molecule has 1 heterocycles. The van der Waals surface area contributed by atoms with Gasteiger partial charge in [0.25, 0.3) is 5.91 Å². The molecule has 1 amide bonds. The molecule has 6 heteroatoms. The molecule has 0 fully saturated rings. The van der Waals surface area contributed by atoms with Crippen molar-refractivity contribution in [2.24, 2.45) is 7.05 Å². The van der Waals surface area contributed by atoms with Gasteiger partial charge in [0.05, 0.1) is 11.6 Å². The van der Waals surface area contributed by atoms with Crippen molar-refractivity contribution in [1.29, 1.82) is 0 Å². The maximum Gasteiger partial charge on any atom is 0.254 e. The van der Waals surface area contributed by atoms with Gasteiger partial charge in [0.1, 0.15) is 17.5 Å². The summed E-state index contributed by atoms with van der Waals surface area (Å²) in [6.07, 6.45) is 3.35. The van der Waals surface area contributed by atoms with Crippen LogP contribution in [0.25, 0.3) is 0 Å². The molecule has 2 aromatic rings. The van der Waals surface area contributed by atoms with Gasteiger partial charge in [-0.2, -0.15) is 0 Å². The Bertz CT molecular complexity index is 610. The molecule has 19 heavy (non-hydrogen) atoms. The first-order valence-corrected chi connectivity index (χ1v) is 5.72. The van der Waals surface area contributed by atoms with E-state index in [4.69, 9.17) is 0 Å². The van der Waals surface area contributed by atoms with Gasteiger partial charge in [0.2, 0.25) is 0 Å². The standard InChI is InChI=1S/C13H13F2N3O/c1-8(12-16-5-6-18(12)2)17-13(19)10-4-3-9(14)7-11(10)15/h3-8H,1-2H3,(H,17,19). The number of carbonyl (C=O) groups is 1. The minimum Gasteiger partial charge on any atom is -0.342 e. The summed E-state index contributed by atoms with van der Waals surface area (Å²) in [6, 6.07) is 2.46. The van der Waals surface area contributed by atoms with Crippen LogP contribution in [0.15, 0.2) is 30.6 Å². The lowest BCUT2D eigenvalue weighted by Gasteiger charge is -2.14. The summed E-state index contributed by atoms with van der Waals surface area (Å²) in [6.45, 7) is 1.74. The SMILES string of the molecule is CC(NC(=O)c1ccc(F)cc1F)c1nccn1C. The number of amides is 1. The number of aromatic nitrogens is 2. The smallest absolute Gasteiger partial charge is 0.254 e. The largest absolute Gasteiger partial charge is 0.342 e. The molecule has 1 unspecified atom stereocenters. The maximum absolute atomic E-state index is 13.5. The molecule has 0 saturated carbocycles. The van der Waals surface area contributed by atoms with Crippen LogP contribution in [0, 0.1) is 11.6 Å². The topological polar surface area (TPSA) is 46.9 Å². The van der Waals surface area contributed by atoms with Crippen LogP contribution < -0.4 is 5.32 Å². The van der Waals surface area contributed by atoms with Crippen molar-refractivity contribution in [3.63, 3.8) is 0 Å². The fourth-order valence-electron chi connectivity index (χ4n) is 1.81. The summed E-state index contributed by atoms with van der Waals surface area (Å²) in [5.74, 6) is -1.56. The van der Waals surface area contributed by atoms with E-state index in [0.29, 0.717) is 11.9 Å². The summed E-state index contributed by atoms with van der Waals surface area (Å²) >= 11 is 0. The van der Waals surface area contributed by atoms with Crippen LogP contribution >= 0.6 is 0 Å². The van der Waals surface area contributed by atoms with Gasteiger partial charge in [-0.15, -0.1) is 0 Å². The number of halogens is 2. The summed E-state index contributed by atoms with van der Waals surface area (Å²) < 4.78 is 28.0. The van der Waals surface area contributed by atoms with Crippen LogP contribution in [0.5, 0.6) is 0 Å². The van der Waals surface area contributed by atoms with Crippen LogP contribution in [0.1, 0.15) is 29.1 Å². The van der Waals surface area contributed by atoms with E-state index in [1.165, 1.54) is 0 Å². The first-order chi connectivity index (χ1) is 8.99. The van der Waals surface area contributed by atoms with Crippen LogP contribution in [0.4, 0.5) is 8.78 Å². The van der Waals surface area contributed by atoms with Crippen LogP contribution in [-0.4, -0.2) is 15.5 Å². The van der Waals surface area contributed by atoms with Gasteiger partial charge in [-0.3, -0.25) is 4.79 Å². The Morgan fingerprint density at radius 2 is 2.16 bits per heavy atom. The van der Waals surface area contributed by atoms with Crippen molar-refractivity contribution < 1.29 is 13.6 Å². The second-order valence-corrected chi connectivity index (χ2v) is 4.22. The van der Waals surface area contributed by atoms with E-state index in [2.05, 4.69) is 10.3 Å². The zero-order chi connectivity index (χ0) is 14.0. The predicted octanol–water partition coefficient (Wildman–Crippen LogP) is 2.19. The molecule has 0 saturated heterocycles. The summed E-state index contributed by atoms with van der Waals surface area (Å²) in [4.78, 5) is 16.0. The average Bonchev–Trinajstić information content (AvgIpc) is 2.75. The Kier molecular flexibility index (Phi) is 3.59. The molecule has 4 nitrogen and oxygen atoms in total. The van der Waals surface area contributed by atoms with E-state index in [1.807, 2.05) is 0 Å². The molecule has 0 aliphatic carbocycles. The third-order valence-corrected chi connectivity index (χ3v) is 2.77. The lowest BCUT2D eigenvalue weighted by Crippen LogP contribution is -2.29. The quantitative estimate of drug-likeness (QED) is 0.924. The zero-order valence-electron chi connectivity index (χ0n) is 10.5. The first-order valence-electron chi connectivity index (χ1n) is 5.72. The van der Waals surface area contributed by atoms with Gasteiger partial charge in [-0.1, -0.05) is 0 Å². The van der Waals surface area contributed by atoms with Crippen molar-refractivity contribution in [3.05, 3.63) is 53.6 Å². The van der Waals surface area contributed by atoms with E-state index < -0.39 is 17.5 Å². The van der Waals surface area contributed by atoms with Crippen molar-refractivity contribution in [3.8, 4) is 0 Å². The first kappa shape index (κ1) is 13.2. The highest BCUT2D eigenvalue weighted by Gasteiger charge is 2.17. The molecule has 1 N–H and O–H groups in total. The molecule has 0 bridgehead atoms. The highest BCUT2D eigenvalue weighted by Crippen LogP contribution is 2.13.